The average Bonchev–Trinajstić information content (AvgIpc) is 3.32. The summed E-state index contributed by atoms with van der Waals surface area (Å²) in [5, 5.41) is 2.84. The molecule has 0 aliphatic carbocycles. The topological polar surface area (TPSA) is 76.5 Å². The van der Waals surface area contributed by atoms with Gasteiger partial charge in [0.15, 0.2) is 0 Å². The second-order valence-corrected chi connectivity index (χ2v) is 7.62. The highest BCUT2D eigenvalue weighted by atomic mass is 19.1. The number of hydrogen-bond donors (Lipinski definition) is 1. The summed E-state index contributed by atoms with van der Waals surface area (Å²) < 4.78 is 34.7. The maximum absolute atomic E-state index is 14.1. The van der Waals surface area contributed by atoms with E-state index in [9.17, 15) is 18.4 Å². The molecule has 1 atom stereocenters. The average molecular weight is 442 g/mol. The van der Waals surface area contributed by atoms with Crippen molar-refractivity contribution in [3.63, 3.8) is 0 Å². The standard InChI is InChI=1S/C23H24F2N4O3/c1-2-32-11-5-10-28-20-7-4-3-6-18(20)26-23(28)27-22(31)15-12-21(30)29(14-15)19-9-8-16(24)13-17(19)25/h3-4,6-9,13,15H,2,5,10-12,14H2,1H3,(H,26,27,31). The minimum Gasteiger partial charge on any atom is -0.382 e. The molecule has 1 unspecified atom stereocenters. The molecule has 1 aliphatic rings. The van der Waals surface area contributed by atoms with Crippen molar-refractivity contribution in [1.82, 2.24) is 9.55 Å². The number of anilines is 2. The lowest BCUT2D eigenvalue weighted by molar-refractivity contribution is -0.122. The van der Waals surface area contributed by atoms with Gasteiger partial charge in [-0.05, 0) is 37.6 Å². The van der Waals surface area contributed by atoms with Gasteiger partial charge in [-0.3, -0.25) is 14.9 Å². The van der Waals surface area contributed by atoms with Gasteiger partial charge in [0.2, 0.25) is 17.8 Å². The third-order valence-electron chi connectivity index (χ3n) is 5.46. The number of nitrogens with zero attached hydrogens (tertiary/aromatic N) is 3. The largest absolute Gasteiger partial charge is 0.382 e. The fraction of sp³-hybridized carbons (Fsp3) is 0.348. The lowest BCUT2D eigenvalue weighted by Crippen LogP contribution is -2.29. The van der Waals surface area contributed by atoms with Crippen molar-refractivity contribution in [2.75, 3.05) is 30.0 Å². The van der Waals surface area contributed by atoms with Crippen molar-refractivity contribution in [2.45, 2.75) is 26.3 Å². The smallest absolute Gasteiger partial charge is 0.232 e. The van der Waals surface area contributed by atoms with Crippen LogP contribution in [0.15, 0.2) is 42.5 Å². The molecule has 3 aromatic rings. The molecule has 2 aromatic carbocycles. The summed E-state index contributed by atoms with van der Waals surface area (Å²) in [4.78, 5) is 31.1. The van der Waals surface area contributed by atoms with Gasteiger partial charge in [-0.15, -0.1) is 0 Å². The van der Waals surface area contributed by atoms with Crippen molar-refractivity contribution < 1.29 is 23.1 Å². The molecular weight excluding hydrogens is 418 g/mol. The predicted molar refractivity (Wildman–Crippen MR) is 116 cm³/mol. The van der Waals surface area contributed by atoms with Crippen molar-refractivity contribution in [2.24, 2.45) is 5.92 Å². The number of aromatic nitrogens is 2. The third-order valence-corrected chi connectivity index (χ3v) is 5.46. The summed E-state index contributed by atoms with van der Waals surface area (Å²) in [5.74, 6) is -2.60. The number of imidazole rings is 1. The SMILES string of the molecule is CCOCCCn1c(NC(=O)C2CC(=O)N(c3ccc(F)cc3F)C2)nc2ccccc21. The van der Waals surface area contributed by atoms with Gasteiger partial charge in [-0.25, -0.2) is 13.8 Å². The lowest BCUT2D eigenvalue weighted by atomic mass is 10.1. The Morgan fingerprint density at radius 3 is 2.84 bits per heavy atom. The van der Waals surface area contributed by atoms with Crippen LogP contribution in [0.1, 0.15) is 19.8 Å². The number of aryl methyl sites for hydroxylation is 1. The van der Waals surface area contributed by atoms with Gasteiger partial charge in [0.1, 0.15) is 11.6 Å². The van der Waals surface area contributed by atoms with E-state index in [4.69, 9.17) is 4.74 Å². The number of ether oxygens (including phenoxy) is 1. The summed E-state index contributed by atoms with van der Waals surface area (Å²) >= 11 is 0. The fourth-order valence-electron chi connectivity index (χ4n) is 3.89. The highest BCUT2D eigenvalue weighted by Crippen LogP contribution is 2.29. The van der Waals surface area contributed by atoms with Crippen LogP contribution >= 0.6 is 0 Å². The molecule has 1 saturated heterocycles. The number of benzene rings is 2. The first kappa shape index (κ1) is 21.9. The maximum Gasteiger partial charge on any atom is 0.232 e. The zero-order chi connectivity index (χ0) is 22.7. The van der Waals surface area contributed by atoms with Gasteiger partial charge in [-0.2, -0.15) is 0 Å². The van der Waals surface area contributed by atoms with Gasteiger partial charge in [0.25, 0.3) is 0 Å². The van der Waals surface area contributed by atoms with E-state index in [0.717, 1.165) is 29.6 Å². The van der Waals surface area contributed by atoms with Crippen LogP contribution in [-0.4, -0.2) is 41.1 Å². The fourth-order valence-corrected chi connectivity index (χ4v) is 3.89. The van der Waals surface area contributed by atoms with E-state index in [0.29, 0.717) is 25.7 Å². The first-order valence-corrected chi connectivity index (χ1v) is 10.6. The molecule has 2 amide bonds. The van der Waals surface area contributed by atoms with Gasteiger partial charge in [0, 0.05) is 38.8 Å². The van der Waals surface area contributed by atoms with E-state index in [1.807, 2.05) is 35.8 Å². The van der Waals surface area contributed by atoms with E-state index in [2.05, 4.69) is 10.3 Å². The normalized spacial score (nSPS) is 16.2. The van der Waals surface area contributed by atoms with E-state index in [1.165, 1.54) is 11.0 Å². The van der Waals surface area contributed by atoms with Gasteiger partial charge < -0.3 is 14.2 Å². The number of carbonyl (C=O) groups excluding carboxylic acids is 2. The molecule has 1 aliphatic heterocycles. The van der Waals surface area contributed by atoms with E-state index >= 15 is 0 Å². The second kappa shape index (κ2) is 9.44. The van der Waals surface area contributed by atoms with Crippen LogP contribution < -0.4 is 10.2 Å². The van der Waals surface area contributed by atoms with Crippen molar-refractivity contribution in [3.8, 4) is 0 Å². The predicted octanol–water partition coefficient (Wildman–Crippen LogP) is 3.73. The number of amides is 2. The number of rotatable bonds is 8. The molecule has 0 bridgehead atoms. The molecule has 0 radical (unpaired) electrons. The Bertz CT molecular complexity index is 1150. The molecule has 4 rings (SSSR count). The van der Waals surface area contributed by atoms with E-state index < -0.39 is 17.6 Å². The molecule has 1 aromatic heterocycles. The number of nitrogens with one attached hydrogen (secondary N) is 1. The Labute approximate surface area is 184 Å². The monoisotopic (exact) mass is 442 g/mol. The lowest BCUT2D eigenvalue weighted by Gasteiger charge is -2.17. The molecule has 1 fully saturated rings. The third kappa shape index (κ3) is 4.47. The molecule has 168 valence electrons. The number of carbonyl (C=O) groups is 2. The van der Waals surface area contributed by atoms with Gasteiger partial charge in [0.05, 0.1) is 22.6 Å². The molecule has 32 heavy (non-hydrogen) atoms. The Morgan fingerprint density at radius 1 is 1.25 bits per heavy atom. The Kier molecular flexibility index (Phi) is 6.45. The highest BCUT2D eigenvalue weighted by Gasteiger charge is 2.36. The number of halogens is 2. The number of para-hydroxylation sites is 2. The molecule has 9 heteroatoms. The zero-order valence-corrected chi connectivity index (χ0v) is 17.7. The molecule has 1 N–H and O–H groups in total. The minimum absolute atomic E-state index is 0.0117. The number of fused-ring (bicyclic) bond motifs is 1. The number of hydrogen-bond acceptors (Lipinski definition) is 4. The van der Waals surface area contributed by atoms with Crippen LogP contribution in [0.5, 0.6) is 0 Å². The summed E-state index contributed by atoms with van der Waals surface area (Å²) in [5.41, 5.74) is 1.60. The Morgan fingerprint density at radius 2 is 2.06 bits per heavy atom. The zero-order valence-electron chi connectivity index (χ0n) is 17.7. The molecule has 0 spiro atoms. The molecule has 2 heterocycles. The molecule has 0 saturated carbocycles. The quantitative estimate of drug-likeness (QED) is 0.540. The molecular formula is C23H24F2N4O3. The van der Waals surface area contributed by atoms with Crippen molar-refractivity contribution in [3.05, 3.63) is 54.1 Å². The summed E-state index contributed by atoms with van der Waals surface area (Å²) in [7, 11) is 0. The van der Waals surface area contributed by atoms with E-state index in [-0.39, 0.29) is 30.5 Å². The highest BCUT2D eigenvalue weighted by molar-refractivity contribution is 6.03. The van der Waals surface area contributed by atoms with E-state index in [1.54, 1.807) is 0 Å². The van der Waals surface area contributed by atoms with Crippen LogP contribution in [0.3, 0.4) is 0 Å². The van der Waals surface area contributed by atoms with Crippen LogP contribution in [0, 0.1) is 17.6 Å². The van der Waals surface area contributed by atoms with Crippen molar-refractivity contribution >= 4 is 34.5 Å². The minimum atomic E-state index is -0.838. The molecule has 7 nitrogen and oxygen atoms in total. The summed E-state index contributed by atoms with van der Waals surface area (Å²) in [6, 6.07) is 10.6. The van der Waals surface area contributed by atoms with Gasteiger partial charge in [-0.1, -0.05) is 12.1 Å². The summed E-state index contributed by atoms with van der Waals surface area (Å²) in [6.07, 6.45) is 0.684. The maximum atomic E-state index is 14.1. The van der Waals surface area contributed by atoms with Crippen LogP contribution in [0.25, 0.3) is 11.0 Å². The first-order chi connectivity index (χ1) is 15.5. The van der Waals surface area contributed by atoms with Crippen LogP contribution in [0.4, 0.5) is 20.4 Å². The van der Waals surface area contributed by atoms with Crippen LogP contribution in [0.2, 0.25) is 0 Å². The Hall–Kier alpha value is -3.33. The summed E-state index contributed by atoms with van der Waals surface area (Å²) in [6.45, 7) is 3.77. The first-order valence-electron chi connectivity index (χ1n) is 10.6. The van der Waals surface area contributed by atoms with Crippen LogP contribution in [-0.2, 0) is 20.9 Å². The van der Waals surface area contributed by atoms with Crippen molar-refractivity contribution in [1.29, 1.82) is 0 Å². The second-order valence-electron chi connectivity index (χ2n) is 7.62. The van der Waals surface area contributed by atoms with Gasteiger partial charge >= 0.3 is 0 Å². The Balaban J connectivity index is 1.50.